The minimum atomic E-state index is 0.576. The van der Waals surface area contributed by atoms with E-state index in [1.165, 1.54) is 17.9 Å². The van der Waals surface area contributed by atoms with Crippen LogP contribution in [-0.2, 0) is 0 Å². The second-order valence-corrected chi connectivity index (χ2v) is 6.59. The maximum atomic E-state index is 6.15. The van der Waals surface area contributed by atoms with Gasteiger partial charge in [-0.15, -0.1) is 0 Å². The molecule has 16 heavy (non-hydrogen) atoms. The van der Waals surface area contributed by atoms with Crippen LogP contribution >= 0.6 is 50.9 Å². The number of hydrogen-bond donors (Lipinski definition) is 1. The molecule has 1 nitrogen and oxygen atoms in total. The van der Waals surface area contributed by atoms with Gasteiger partial charge in [-0.05, 0) is 51.9 Å². The van der Waals surface area contributed by atoms with Crippen LogP contribution in [0, 0.1) is 5.92 Å². The lowest BCUT2D eigenvalue weighted by atomic mass is 10.1. The Kier molecular flexibility index (Phi) is 4.71. The summed E-state index contributed by atoms with van der Waals surface area (Å²) in [6.07, 6.45) is 1.29. The van der Waals surface area contributed by atoms with Gasteiger partial charge >= 0.3 is 0 Å². The Hall–Kier alpha value is 0.430. The van der Waals surface area contributed by atoms with Crippen molar-refractivity contribution in [3.8, 4) is 0 Å². The number of benzene rings is 1. The molecule has 1 saturated heterocycles. The van der Waals surface area contributed by atoms with Gasteiger partial charge in [0, 0.05) is 11.0 Å². The smallest absolute Gasteiger partial charge is 0.0835 e. The Bertz CT molecular complexity index is 380. The molecule has 1 unspecified atom stereocenters. The van der Waals surface area contributed by atoms with E-state index in [1.54, 1.807) is 0 Å². The van der Waals surface area contributed by atoms with Crippen LogP contribution in [0.15, 0.2) is 16.6 Å². The molecule has 1 N–H and O–H groups in total. The summed E-state index contributed by atoms with van der Waals surface area (Å²) in [5.41, 5.74) is 0.923. The molecule has 1 aliphatic heterocycles. The van der Waals surface area contributed by atoms with Crippen LogP contribution < -0.4 is 5.32 Å². The third-order valence-corrected chi connectivity index (χ3v) is 5.64. The lowest BCUT2D eigenvalue weighted by Crippen LogP contribution is -2.13. The lowest BCUT2D eigenvalue weighted by Gasteiger charge is -2.13. The standard InChI is InChI=1S/C11H12BrCl2NS/c12-8-1-2-9(11(14)10(8)13)15-5-7-3-4-16-6-7/h1-2,7,15H,3-6H2. The van der Waals surface area contributed by atoms with Crippen LogP contribution in [0.5, 0.6) is 0 Å². The fourth-order valence-electron chi connectivity index (χ4n) is 1.66. The third-order valence-electron chi connectivity index (χ3n) is 2.64. The molecule has 88 valence electrons. The summed E-state index contributed by atoms with van der Waals surface area (Å²) in [5.74, 6) is 3.28. The van der Waals surface area contributed by atoms with Gasteiger partial charge in [-0.25, -0.2) is 0 Å². The highest BCUT2D eigenvalue weighted by Gasteiger charge is 2.16. The Labute approximate surface area is 118 Å². The summed E-state index contributed by atoms with van der Waals surface area (Å²) in [5, 5.41) is 4.55. The topological polar surface area (TPSA) is 12.0 Å². The molecule has 0 aromatic heterocycles. The highest BCUT2D eigenvalue weighted by atomic mass is 79.9. The first-order valence-corrected chi connectivity index (χ1v) is 7.84. The maximum absolute atomic E-state index is 6.15. The zero-order valence-electron chi connectivity index (χ0n) is 8.60. The van der Waals surface area contributed by atoms with Crippen LogP contribution in [-0.4, -0.2) is 18.1 Å². The highest BCUT2D eigenvalue weighted by Crippen LogP contribution is 2.36. The fraction of sp³-hybridized carbons (Fsp3) is 0.455. The van der Waals surface area contributed by atoms with Gasteiger partial charge in [0.1, 0.15) is 0 Å². The first kappa shape index (κ1) is 12.9. The van der Waals surface area contributed by atoms with Gasteiger partial charge in [0.15, 0.2) is 0 Å². The molecule has 1 aromatic carbocycles. The Morgan fingerprint density at radius 3 is 2.88 bits per heavy atom. The molecule has 1 aliphatic rings. The maximum Gasteiger partial charge on any atom is 0.0835 e. The van der Waals surface area contributed by atoms with Gasteiger partial charge in [-0.3, -0.25) is 0 Å². The molecular weight excluding hydrogens is 329 g/mol. The number of rotatable bonds is 3. The average Bonchev–Trinajstić information content (AvgIpc) is 2.78. The van der Waals surface area contributed by atoms with Crippen LogP contribution in [0.3, 0.4) is 0 Å². The largest absolute Gasteiger partial charge is 0.383 e. The summed E-state index contributed by atoms with van der Waals surface area (Å²) in [7, 11) is 0. The SMILES string of the molecule is Clc1c(Br)ccc(NCC2CCSC2)c1Cl. The van der Waals surface area contributed by atoms with E-state index in [1.807, 2.05) is 23.9 Å². The molecule has 1 fully saturated rings. The predicted molar refractivity (Wildman–Crippen MR) is 78.1 cm³/mol. The molecule has 2 rings (SSSR count). The molecule has 0 aliphatic carbocycles. The van der Waals surface area contributed by atoms with Crippen molar-refractivity contribution in [1.82, 2.24) is 0 Å². The van der Waals surface area contributed by atoms with Crippen molar-refractivity contribution in [1.29, 1.82) is 0 Å². The van der Waals surface area contributed by atoms with Crippen LogP contribution in [0.2, 0.25) is 10.0 Å². The minimum Gasteiger partial charge on any atom is -0.383 e. The quantitative estimate of drug-likeness (QED) is 0.783. The number of anilines is 1. The van der Waals surface area contributed by atoms with E-state index in [4.69, 9.17) is 23.2 Å². The zero-order chi connectivity index (χ0) is 11.5. The number of halogens is 3. The Morgan fingerprint density at radius 2 is 2.19 bits per heavy atom. The molecule has 1 heterocycles. The molecule has 5 heteroatoms. The van der Waals surface area contributed by atoms with Crippen molar-refractivity contribution in [3.63, 3.8) is 0 Å². The van der Waals surface area contributed by atoms with Crippen molar-refractivity contribution in [3.05, 3.63) is 26.7 Å². The van der Waals surface area contributed by atoms with Gasteiger partial charge < -0.3 is 5.32 Å². The molecule has 0 radical (unpaired) electrons. The second kappa shape index (κ2) is 5.85. The van der Waals surface area contributed by atoms with Crippen LogP contribution in [0.1, 0.15) is 6.42 Å². The Morgan fingerprint density at radius 1 is 1.38 bits per heavy atom. The van der Waals surface area contributed by atoms with Gasteiger partial charge in [-0.2, -0.15) is 11.8 Å². The van der Waals surface area contributed by atoms with Gasteiger partial charge in [0.05, 0.1) is 15.7 Å². The zero-order valence-corrected chi connectivity index (χ0v) is 12.5. The third kappa shape index (κ3) is 3.00. The van der Waals surface area contributed by atoms with Crippen molar-refractivity contribution in [2.24, 2.45) is 5.92 Å². The van der Waals surface area contributed by atoms with Crippen molar-refractivity contribution in [2.45, 2.75) is 6.42 Å². The van der Waals surface area contributed by atoms with Crippen molar-refractivity contribution < 1.29 is 0 Å². The molecule has 1 aromatic rings. The van der Waals surface area contributed by atoms with Gasteiger partial charge in [-0.1, -0.05) is 23.2 Å². The molecule has 1 atom stereocenters. The molecule has 0 amide bonds. The molecule has 0 saturated carbocycles. The summed E-state index contributed by atoms with van der Waals surface area (Å²) < 4.78 is 0.834. The highest BCUT2D eigenvalue weighted by molar-refractivity contribution is 9.10. The summed E-state index contributed by atoms with van der Waals surface area (Å²) in [6, 6.07) is 3.88. The first-order valence-electron chi connectivity index (χ1n) is 5.13. The number of nitrogens with one attached hydrogen (secondary N) is 1. The lowest BCUT2D eigenvalue weighted by molar-refractivity contribution is 0.632. The normalized spacial score (nSPS) is 20.1. The summed E-state index contributed by atoms with van der Waals surface area (Å²) in [4.78, 5) is 0. The van der Waals surface area contributed by atoms with E-state index in [2.05, 4.69) is 21.2 Å². The van der Waals surface area contributed by atoms with Crippen molar-refractivity contribution >= 4 is 56.6 Å². The second-order valence-electron chi connectivity index (χ2n) is 3.83. The van der Waals surface area contributed by atoms with E-state index in [-0.39, 0.29) is 0 Å². The van der Waals surface area contributed by atoms with E-state index >= 15 is 0 Å². The van der Waals surface area contributed by atoms with E-state index in [9.17, 15) is 0 Å². The number of hydrogen-bond acceptors (Lipinski definition) is 2. The van der Waals surface area contributed by atoms with E-state index < -0.39 is 0 Å². The van der Waals surface area contributed by atoms with Crippen LogP contribution in [0.25, 0.3) is 0 Å². The fourth-order valence-corrected chi connectivity index (χ4v) is 3.79. The molecule has 0 spiro atoms. The molecular formula is C11H12BrCl2NS. The molecule has 0 bridgehead atoms. The van der Waals surface area contributed by atoms with Gasteiger partial charge in [0.2, 0.25) is 0 Å². The first-order chi connectivity index (χ1) is 7.68. The van der Waals surface area contributed by atoms with E-state index in [0.29, 0.717) is 10.0 Å². The average molecular weight is 341 g/mol. The predicted octanol–water partition coefficient (Wildman–Crippen LogP) is 4.92. The summed E-state index contributed by atoms with van der Waals surface area (Å²) >= 11 is 17.6. The summed E-state index contributed by atoms with van der Waals surface area (Å²) in [6.45, 7) is 0.977. The van der Waals surface area contributed by atoms with Gasteiger partial charge in [0.25, 0.3) is 0 Å². The van der Waals surface area contributed by atoms with E-state index in [0.717, 1.165) is 22.6 Å². The number of thioether (sulfide) groups is 1. The van der Waals surface area contributed by atoms with Crippen LogP contribution in [0.4, 0.5) is 5.69 Å². The van der Waals surface area contributed by atoms with Crippen molar-refractivity contribution in [2.75, 3.05) is 23.4 Å². The minimum absolute atomic E-state index is 0.576. The monoisotopic (exact) mass is 339 g/mol. The Balaban J connectivity index is 2.01.